The molecular weight excluding hydrogens is 292 g/mol. The van der Waals surface area contributed by atoms with Crippen LogP contribution < -0.4 is 10.0 Å². The summed E-state index contributed by atoms with van der Waals surface area (Å²) in [6, 6.07) is 5.15. The van der Waals surface area contributed by atoms with Crippen molar-refractivity contribution in [2.75, 3.05) is 13.1 Å². The van der Waals surface area contributed by atoms with Gasteiger partial charge in [0.25, 0.3) is 0 Å². The lowest BCUT2D eigenvalue weighted by Gasteiger charge is -2.04. The van der Waals surface area contributed by atoms with Crippen LogP contribution in [-0.4, -0.2) is 21.5 Å². The molecule has 6 nitrogen and oxygen atoms in total. The van der Waals surface area contributed by atoms with Crippen LogP contribution in [0.4, 0.5) is 0 Å². The minimum Gasteiger partial charge on any atom is -0.469 e. The lowest BCUT2D eigenvalue weighted by atomic mass is 10.3. The van der Waals surface area contributed by atoms with E-state index in [-0.39, 0.29) is 11.4 Å². The Labute approximate surface area is 124 Å². The minimum absolute atomic E-state index is 0.190. The third-order valence-electron chi connectivity index (χ3n) is 3.01. The third kappa shape index (κ3) is 4.20. The maximum absolute atomic E-state index is 12.2. The number of furan rings is 2. The zero-order valence-electron chi connectivity index (χ0n) is 12.2. The number of nitrogens with one attached hydrogen (secondary N) is 2. The van der Waals surface area contributed by atoms with Crippen LogP contribution in [0.3, 0.4) is 0 Å². The van der Waals surface area contributed by atoms with Crippen molar-refractivity contribution in [3.63, 3.8) is 0 Å². The highest BCUT2D eigenvalue weighted by Gasteiger charge is 2.20. The summed E-state index contributed by atoms with van der Waals surface area (Å²) in [7, 11) is -3.56. The quantitative estimate of drug-likeness (QED) is 0.776. The molecule has 2 aromatic rings. The molecule has 2 aromatic heterocycles. The molecule has 0 fully saturated rings. The summed E-state index contributed by atoms with van der Waals surface area (Å²) < 4.78 is 37.7. The van der Waals surface area contributed by atoms with Crippen LogP contribution in [0.1, 0.15) is 24.2 Å². The lowest BCUT2D eigenvalue weighted by molar-refractivity contribution is 0.460. The van der Waals surface area contributed by atoms with Crippen LogP contribution in [0.15, 0.2) is 38.2 Å². The molecule has 2 heterocycles. The van der Waals surface area contributed by atoms with Gasteiger partial charge in [-0.05, 0) is 25.6 Å². The first-order valence-corrected chi connectivity index (χ1v) is 8.33. The summed E-state index contributed by atoms with van der Waals surface area (Å²) in [6.07, 6.45) is 2.07. The topological polar surface area (TPSA) is 84.5 Å². The smallest absolute Gasteiger partial charge is 0.244 e. The van der Waals surface area contributed by atoms with Crippen LogP contribution in [0, 0.1) is 6.92 Å². The van der Waals surface area contributed by atoms with E-state index in [1.165, 1.54) is 0 Å². The second kappa shape index (κ2) is 6.93. The summed E-state index contributed by atoms with van der Waals surface area (Å²) in [4.78, 5) is 0.190. The van der Waals surface area contributed by atoms with Crippen LogP contribution in [0.5, 0.6) is 0 Å². The fourth-order valence-corrected chi connectivity index (χ4v) is 3.20. The Morgan fingerprint density at radius 1 is 1.29 bits per heavy atom. The average molecular weight is 312 g/mol. The van der Waals surface area contributed by atoms with E-state index < -0.39 is 10.0 Å². The minimum atomic E-state index is -3.56. The van der Waals surface area contributed by atoms with Crippen molar-refractivity contribution >= 4 is 10.0 Å². The molecule has 0 spiro atoms. The third-order valence-corrected chi connectivity index (χ3v) is 4.57. The van der Waals surface area contributed by atoms with E-state index in [9.17, 15) is 8.42 Å². The molecule has 2 N–H and O–H groups in total. The number of sulfonamides is 1. The van der Waals surface area contributed by atoms with Gasteiger partial charge in [-0.1, -0.05) is 6.92 Å². The van der Waals surface area contributed by atoms with Gasteiger partial charge >= 0.3 is 0 Å². The maximum atomic E-state index is 12.2. The summed E-state index contributed by atoms with van der Waals surface area (Å²) in [5, 5.41) is 3.10. The Balaban J connectivity index is 1.99. The van der Waals surface area contributed by atoms with E-state index in [1.54, 1.807) is 25.3 Å². The van der Waals surface area contributed by atoms with E-state index >= 15 is 0 Å². The van der Waals surface area contributed by atoms with Gasteiger partial charge in [0.15, 0.2) is 0 Å². The van der Waals surface area contributed by atoms with Gasteiger partial charge in [-0.25, -0.2) is 13.1 Å². The summed E-state index contributed by atoms with van der Waals surface area (Å²) in [5.41, 5.74) is 0. The molecule has 7 heteroatoms. The van der Waals surface area contributed by atoms with Crippen molar-refractivity contribution < 1.29 is 17.3 Å². The Hall–Kier alpha value is -1.57. The molecule has 0 aliphatic rings. The number of aryl methyl sites for hydroxylation is 1. The lowest BCUT2D eigenvalue weighted by Crippen LogP contribution is -2.26. The van der Waals surface area contributed by atoms with Crippen molar-refractivity contribution in [1.29, 1.82) is 0 Å². The van der Waals surface area contributed by atoms with E-state index in [0.717, 1.165) is 12.3 Å². The number of rotatable bonds is 8. The Kier molecular flexibility index (Phi) is 5.22. The average Bonchev–Trinajstić information content (AvgIpc) is 3.06. The van der Waals surface area contributed by atoms with Crippen molar-refractivity contribution in [3.05, 3.63) is 41.7 Å². The molecule has 21 heavy (non-hydrogen) atoms. The van der Waals surface area contributed by atoms with Crippen molar-refractivity contribution in [2.24, 2.45) is 0 Å². The van der Waals surface area contributed by atoms with E-state index in [0.29, 0.717) is 24.5 Å². The highest BCUT2D eigenvalue weighted by atomic mass is 32.2. The standard InChI is InChI=1S/C14H20N2O4S/c1-3-15-10-13-9-14(11(2)20-13)21(17,18)16-7-6-12-5-4-8-19-12/h4-5,8-9,15-16H,3,6-7,10H2,1-2H3. The SMILES string of the molecule is CCNCc1cc(S(=O)(=O)NCCc2ccco2)c(C)o1. The van der Waals surface area contributed by atoms with Gasteiger partial charge in [-0.15, -0.1) is 0 Å². The van der Waals surface area contributed by atoms with Crippen LogP contribution in [0.2, 0.25) is 0 Å². The van der Waals surface area contributed by atoms with Crippen molar-refractivity contribution in [1.82, 2.24) is 10.0 Å². The van der Waals surface area contributed by atoms with E-state index in [1.807, 2.05) is 13.0 Å². The highest BCUT2D eigenvalue weighted by molar-refractivity contribution is 7.89. The van der Waals surface area contributed by atoms with Crippen LogP contribution in [0.25, 0.3) is 0 Å². The fourth-order valence-electron chi connectivity index (χ4n) is 1.97. The van der Waals surface area contributed by atoms with Crippen LogP contribution in [-0.2, 0) is 23.0 Å². The van der Waals surface area contributed by atoms with Gasteiger partial charge in [-0.2, -0.15) is 0 Å². The summed E-state index contributed by atoms with van der Waals surface area (Å²) in [6.45, 7) is 5.21. The normalized spacial score (nSPS) is 11.9. The molecular formula is C14H20N2O4S. The fraction of sp³-hybridized carbons (Fsp3) is 0.429. The van der Waals surface area contributed by atoms with Crippen LogP contribution >= 0.6 is 0 Å². The zero-order valence-corrected chi connectivity index (χ0v) is 13.0. The Morgan fingerprint density at radius 3 is 2.76 bits per heavy atom. The van der Waals surface area contributed by atoms with Crippen molar-refractivity contribution in [3.8, 4) is 0 Å². The first-order chi connectivity index (χ1) is 10.0. The Morgan fingerprint density at radius 2 is 2.10 bits per heavy atom. The molecule has 0 amide bonds. The van der Waals surface area contributed by atoms with E-state index in [4.69, 9.17) is 8.83 Å². The highest BCUT2D eigenvalue weighted by Crippen LogP contribution is 2.19. The molecule has 0 aliphatic heterocycles. The molecule has 0 aliphatic carbocycles. The zero-order chi connectivity index (χ0) is 15.3. The predicted octanol–water partition coefficient (Wildman–Crippen LogP) is 1.81. The second-order valence-electron chi connectivity index (χ2n) is 4.64. The molecule has 0 atom stereocenters. The van der Waals surface area contributed by atoms with Gasteiger partial charge in [0, 0.05) is 19.0 Å². The van der Waals surface area contributed by atoms with Gasteiger partial charge in [0.1, 0.15) is 22.2 Å². The molecule has 116 valence electrons. The molecule has 0 aromatic carbocycles. The van der Waals surface area contributed by atoms with Gasteiger partial charge in [-0.3, -0.25) is 0 Å². The molecule has 0 bridgehead atoms. The molecule has 2 rings (SSSR count). The van der Waals surface area contributed by atoms with E-state index in [2.05, 4.69) is 10.0 Å². The largest absolute Gasteiger partial charge is 0.469 e. The monoisotopic (exact) mass is 312 g/mol. The molecule has 0 saturated heterocycles. The number of hydrogen-bond donors (Lipinski definition) is 2. The molecule has 0 radical (unpaired) electrons. The summed E-state index contributed by atoms with van der Waals surface area (Å²) >= 11 is 0. The maximum Gasteiger partial charge on any atom is 0.244 e. The van der Waals surface area contributed by atoms with Gasteiger partial charge in [0.05, 0.1) is 12.8 Å². The molecule has 0 unspecified atom stereocenters. The van der Waals surface area contributed by atoms with Gasteiger partial charge in [0.2, 0.25) is 10.0 Å². The van der Waals surface area contributed by atoms with Gasteiger partial charge < -0.3 is 14.2 Å². The molecule has 0 saturated carbocycles. The predicted molar refractivity (Wildman–Crippen MR) is 78.4 cm³/mol. The first-order valence-electron chi connectivity index (χ1n) is 6.85. The van der Waals surface area contributed by atoms with Crippen molar-refractivity contribution in [2.45, 2.75) is 31.7 Å². The number of hydrogen-bond acceptors (Lipinski definition) is 5. The second-order valence-corrected chi connectivity index (χ2v) is 6.38. The summed E-state index contributed by atoms with van der Waals surface area (Å²) in [5.74, 6) is 1.75. The Bertz CT molecular complexity index is 659. The first kappa shape index (κ1) is 15.8.